The van der Waals surface area contributed by atoms with Crippen LogP contribution in [0.15, 0.2) is 30.5 Å². The smallest absolute Gasteiger partial charge is 0.304 e. The summed E-state index contributed by atoms with van der Waals surface area (Å²) in [6, 6.07) is 7.46. The number of hydrogen-bond acceptors (Lipinski definition) is 5. The molecular weight excluding hydrogens is 332 g/mol. The molecule has 1 amide bonds. The van der Waals surface area contributed by atoms with E-state index in [9.17, 15) is 9.59 Å². The zero-order chi connectivity index (χ0) is 16.7. The van der Waals surface area contributed by atoms with E-state index in [0.717, 1.165) is 22.2 Å². The van der Waals surface area contributed by atoms with Crippen molar-refractivity contribution in [2.24, 2.45) is 0 Å². The SMILES string of the molecule is Cc1ccc(C(=O)NCCSSCCC(=O)O)c2cccnc12. The Morgan fingerprint density at radius 3 is 2.78 bits per heavy atom. The van der Waals surface area contributed by atoms with Gasteiger partial charge in [0.05, 0.1) is 11.9 Å². The third kappa shape index (κ3) is 5.14. The molecule has 1 aromatic carbocycles. The van der Waals surface area contributed by atoms with Crippen LogP contribution in [0.5, 0.6) is 0 Å². The molecule has 7 heteroatoms. The molecule has 0 radical (unpaired) electrons. The highest BCUT2D eigenvalue weighted by atomic mass is 33.1. The lowest BCUT2D eigenvalue weighted by molar-refractivity contribution is -0.136. The number of aryl methyl sites for hydroxylation is 1. The Hall–Kier alpha value is -1.73. The van der Waals surface area contributed by atoms with Crippen LogP contribution >= 0.6 is 21.6 Å². The molecule has 0 bridgehead atoms. The minimum Gasteiger partial charge on any atom is -0.481 e. The first-order valence-electron chi connectivity index (χ1n) is 7.18. The Balaban J connectivity index is 1.85. The quantitative estimate of drug-likeness (QED) is 0.562. The van der Waals surface area contributed by atoms with E-state index in [1.54, 1.807) is 17.0 Å². The molecule has 0 saturated heterocycles. The number of amides is 1. The number of aromatic nitrogens is 1. The largest absolute Gasteiger partial charge is 0.481 e. The number of nitrogens with one attached hydrogen (secondary N) is 1. The summed E-state index contributed by atoms with van der Waals surface area (Å²) >= 11 is 0. The molecule has 2 rings (SSSR count). The molecule has 0 aliphatic rings. The van der Waals surface area contributed by atoms with Gasteiger partial charge in [-0.25, -0.2) is 0 Å². The summed E-state index contributed by atoms with van der Waals surface area (Å²) in [7, 11) is 3.07. The molecule has 122 valence electrons. The number of nitrogens with zero attached hydrogens (tertiary/aromatic N) is 1. The van der Waals surface area contributed by atoms with Crippen LogP contribution in [0.4, 0.5) is 0 Å². The van der Waals surface area contributed by atoms with Crippen LogP contribution in [0.25, 0.3) is 10.9 Å². The standard InChI is InChI=1S/C16H18N2O3S2/c1-11-4-5-13(12-3-2-7-17-15(11)12)16(21)18-8-10-23-22-9-6-14(19)20/h2-5,7H,6,8-10H2,1H3,(H,18,21)(H,19,20). The fraction of sp³-hybridized carbons (Fsp3) is 0.312. The van der Waals surface area contributed by atoms with E-state index in [-0.39, 0.29) is 12.3 Å². The van der Waals surface area contributed by atoms with Gasteiger partial charge in [-0.05, 0) is 24.6 Å². The van der Waals surface area contributed by atoms with Crippen LogP contribution in [-0.4, -0.2) is 40.0 Å². The summed E-state index contributed by atoms with van der Waals surface area (Å²) in [5.41, 5.74) is 2.52. The zero-order valence-corrected chi connectivity index (χ0v) is 14.4. The lowest BCUT2D eigenvalue weighted by Crippen LogP contribution is -2.25. The maximum Gasteiger partial charge on any atom is 0.304 e. The number of fused-ring (bicyclic) bond motifs is 1. The van der Waals surface area contributed by atoms with Crippen molar-refractivity contribution in [3.63, 3.8) is 0 Å². The average Bonchev–Trinajstić information content (AvgIpc) is 2.54. The van der Waals surface area contributed by atoms with Gasteiger partial charge >= 0.3 is 5.97 Å². The van der Waals surface area contributed by atoms with E-state index < -0.39 is 5.97 Å². The number of carbonyl (C=O) groups is 2. The van der Waals surface area contributed by atoms with Crippen molar-refractivity contribution in [3.05, 3.63) is 41.6 Å². The van der Waals surface area contributed by atoms with Crippen LogP contribution in [0.2, 0.25) is 0 Å². The lowest BCUT2D eigenvalue weighted by Gasteiger charge is -2.09. The molecule has 0 unspecified atom stereocenters. The second kappa shape index (κ2) is 8.79. The highest BCUT2D eigenvalue weighted by molar-refractivity contribution is 8.76. The van der Waals surface area contributed by atoms with Crippen LogP contribution in [-0.2, 0) is 4.79 Å². The van der Waals surface area contributed by atoms with E-state index in [2.05, 4.69) is 10.3 Å². The predicted octanol–water partition coefficient (Wildman–Crippen LogP) is 3.13. The van der Waals surface area contributed by atoms with Crippen molar-refractivity contribution < 1.29 is 14.7 Å². The first-order chi connectivity index (χ1) is 11.1. The van der Waals surface area contributed by atoms with E-state index in [1.165, 1.54) is 10.8 Å². The lowest BCUT2D eigenvalue weighted by atomic mass is 10.0. The van der Waals surface area contributed by atoms with Crippen LogP contribution < -0.4 is 5.32 Å². The third-order valence-electron chi connectivity index (χ3n) is 3.17. The molecule has 2 N–H and O–H groups in total. The first kappa shape index (κ1) is 17.6. The van der Waals surface area contributed by atoms with Crippen molar-refractivity contribution in [2.45, 2.75) is 13.3 Å². The average molecular weight is 350 g/mol. The van der Waals surface area contributed by atoms with Gasteiger partial charge in [-0.2, -0.15) is 0 Å². The number of rotatable bonds is 8. The van der Waals surface area contributed by atoms with Gasteiger partial charge in [-0.1, -0.05) is 33.7 Å². The maximum absolute atomic E-state index is 12.3. The van der Waals surface area contributed by atoms with Crippen molar-refractivity contribution in [3.8, 4) is 0 Å². The Kier molecular flexibility index (Phi) is 6.73. The van der Waals surface area contributed by atoms with Crippen molar-refractivity contribution in [2.75, 3.05) is 18.1 Å². The van der Waals surface area contributed by atoms with E-state index in [1.807, 2.05) is 31.2 Å². The zero-order valence-electron chi connectivity index (χ0n) is 12.7. The van der Waals surface area contributed by atoms with Gasteiger partial charge in [0.25, 0.3) is 5.91 Å². The number of aliphatic carboxylic acids is 1. The van der Waals surface area contributed by atoms with E-state index in [4.69, 9.17) is 5.11 Å². The molecular formula is C16H18N2O3S2. The number of pyridine rings is 1. The summed E-state index contributed by atoms with van der Waals surface area (Å²) < 4.78 is 0. The van der Waals surface area contributed by atoms with Crippen molar-refractivity contribution >= 4 is 44.4 Å². The van der Waals surface area contributed by atoms with Gasteiger partial charge in [-0.15, -0.1) is 0 Å². The summed E-state index contributed by atoms with van der Waals surface area (Å²) in [5, 5.41) is 12.3. The molecule has 1 aromatic heterocycles. The molecule has 0 fully saturated rings. The Morgan fingerprint density at radius 2 is 2.00 bits per heavy atom. The normalized spacial score (nSPS) is 10.7. The summed E-state index contributed by atoms with van der Waals surface area (Å²) in [4.78, 5) is 27.0. The van der Waals surface area contributed by atoms with Gasteiger partial charge in [0, 0.05) is 35.2 Å². The minimum absolute atomic E-state index is 0.112. The number of carboxylic acid groups (broad SMARTS) is 1. The van der Waals surface area contributed by atoms with Gasteiger partial charge in [-0.3, -0.25) is 14.6 Å². The molecule has 1 heterocycles. The molecule has 0 atom stereocenters. The highest BCUT2D eigenvalue weighted by Crippen LogP contribution is 2.22. The number of benzene rings is 1. The fourth-order valence-electron chi connectivity index (χ4n) is 2.06. The minimum atomic E-state index is -0.786. The number of carbonyl (C=O) groups excluding carboxylic acids is 1. The molecule has 23 heavy (non-hydrogen) atoms. The Labute approximate surface area is 142 Å². The van der Waals surface area contributed by atoms with Gasteiger partial charge in [0.15, 0.2) is 0 Å². The molecule has 5 nitrogen and oxygen atoms in total. The highest BCUT2D eigenvalue weighted by Gasteiger charge is 2.11. The summed E-state index contributed by atoms with van der Waals surface area (Å²) in [6.45, 7) is 2.52. The molecule has 0 aliphatic carbocycles. The first-order valence-corrected chi connectivity index (χ1v) is 9.67. The van der Waals surface area contributed by atoms with Crippen LogP contribution in [0.3, 0.4) is 0 Å². The van der Waals surface area contributed by atoms with Crippen LogP contribution in [0, 0.1) is 6.92 Å². The van der Waals surface area contributed by atoms with E-state index in [0.29, 0.717) is 17.9 Å². The molecule has 0 saturated carbocycles. The Bertz CT molecular complexity index is 707. The van der Waals surface area contributed by atoms with Gasteiger partial charge in [0.2, 0.25) is 0 Å². The number of carboxylic acids is 1. The monoisotopic (exact) mass is 350 g/mol. The number of hydrogen-bond donors (Lipinski definition) is 2. The van der Waals surface area contributed by atoms with Crippen molar-refractivity contribution in [1.29, 1.82) is 0 Å². The van der Waals surface area contributed by atoms with Crippen LogP contribution in [0.1, 0.15) is 22.3 Å². The van der Waals surface area contributed by atoms with E-state index >= 15 is 0 Å². The van der Waals surface area contributed by atoms with Gasteiger partial charge < -0.3 is 10.4 Å². The second-order valence-electron chi connectivity index (χ2n) is 4.87. The topological polar surface area (TPSA) is 79.3 Å². The second-order valence-corrected chi connectivity index (χ2v) is 7.58. The summed E-state index contributed by atoms with van der Waals surface area (Å²) in [6.07, 6.45) is 1.88. The molecule has 0 aliphatic heterocycles. The Morgan fingerprint density at radius 1 is 1.22 bits per heavy atom. The molecule has 2 aromatic rings. The fourth-order valence-corrected chi connectivity index (χ4v) is 3.95. The maximum atomic E-state index is 12.3. The molecule has 0 spiro atoms. The van der Waals surface area contributed by atoms with Crippen molar-refractivity contribution in [1.82, 2.24) is 10.3 Å². The summed E-state index contributed by atoms with van der Waals surface area (Å²) in [5.74, 6) is 0.408. The van der Waals surface area contributed by atoms with Gasteiger partial charge in [0.1, 0.15) is 0 Å². The predicted molar refractivity (Wildman–Crippen MR) is 96.0 cm³/mol. The third-order valence-corrected chi connectivity index (χ3v) is 5.58.